The van der Waals surface area contributed by atoms with Crippen molar-refractivity contribution in [2.45, 2.75) is 25.4 Å². The molecule has 0 radical (unpaired) electrons. The lowest BCUT2D eigenvalue weighted by atomic mass is 9.96. The maximum absolute atomic E-state index is 12.2. The average molecular weight is 276 g/mol. The Labute approximate surface area is 120 Å². The van der Waals surface area contributed by atoms with Crippen molar-refractivity contribution in [1.82, 2.24) is 10.6 Å². The van der Waals surface area contributed by atoms with E-state index in [2.05, 4.69) is 10.6 Å². The zero-order valence-corrected chi connectivity index (χ0v) is 12.1. The number of rotatable bonds is 6. The van der Waals surface area contributed by atoms with Crippen LogP contribution in [0.25, 0.3) is 0 Å². The van der Waals surface area contributed by atoms with Crippen molar-refractivity contribution >= 4 is 5.91 Å². The van der Waals surface area contributed by atoms with Crippen molar-refractivity contribution < 1.29 is 9.53 Å². The molecule has 4 heteroatoms. The van der Waals surface area contributed by atoms with E-state index in [1.165, 1.54) is 12.8 Å². The molecule has 0 saturated carbocycles. The zero-order valence-electron chi connectivity index (χ0n) is 12.1. The first-order chi connectivity index (χ1) is 9.81. The van der Waals surface area contributed by atoms with Crippen molar-refractivity contribution in [1.29, 1.82) is 0 Å². The molecule has 2 N–H and O–H groups in total. The molecule has 1 aliphatic heterocycles. The number of hydrogen-bond donors (Lipinski definition) is 2. The van der Waals surface area contributed by atoms with E-state index in [1.807, 2.05) is 30.3 Å². The summed E-state index contributed by atoms with van der Waals surface area (Å²) in [4.78, 5) is 12.2. The molecule has 0 bridgehead atoms. The molecular weight excluding hydrogens is 252 g/mol. The van der Waals surface area contributed by atoms with Gasteiger partial charge in [0.2, 0.25) is 0 Å². The monoisotopic (exact) mass is 276 g/mol. The van der Waals surface area contributed by atoms with E-state index in [1.54, 1.807) is 7.11 Å². The van der Waals surface area contributed by atoms with Crippen LogP contribution in [0.15, 0.2) is 30.3 Å². The molecule has 0 spiro atoms. The SMILES string of the molecule is COC(C(=O)NCCC1CCCNC1)c1ccccc1. The molecule has 1 aromatic rings. The van der Waals surface area contributed by atoms with E-state index in [9.17, 15) is 4.79 Å². The van der Waals surface area contributed by atoms with Gasteiger partial charge in [0.05, 0.1) is 0 Å². The third kappa shape index (κ3) is 4.32. The van der Waals surface area contributed by atoms with Crippen molar-refractivity contribution in [3.05, 3.63) is 35.9 Å². The normalized spacial score (nSPS) is 20.4. The summed E-state index contributed by atoms with van der Waals surface area (Å²) in [6.45, 7) is 2.92. The smallest absolute Gasteiger partial charge is 0.253 e. The second-order valence-electron chi connectivity index (χ2n) is 5.32. The highest BCUT2D eigenvalue weighted by molar-refractivity contribution is 5.82. The van der Waals surface area contributed by atoms with Crippen LogP contribution in [0.5, 0.6) is 0 Å². The lowest BCUT2D eigenvalue weighted by molar-refractivity contribution is -0.131. The summed E-state index contributed by atoms with van der Waals surface area (Å²) in [6.07, 6.45) is 3.02. The number of amides is 1. The van der Waals surface area contributed by atoms with Gasteiger partial charge in [0.15, 0.2) is 6.10 Å². The first-order valence-corrected chi connectivity index (χ1v) is 7.37. The Morgan fingerprint density at radius 2 is 2.25 bits per heavy atom. The number of carbonyl (C=O) groups excluding carboxylic acids is 1. The standard InChI is InChI=1S/C16H24N2O2/c1-20-15(14-7-3-2-4-8-14)16(19)18-11-9-13-6-5-10-17-12-13/h2-4,7-8,13,15,17H,5-6,9-12H2,1H3,(H,18,19). The summed E-state index contributed by atoms with van der Waals surface area (Å²) in [6, 6.07) is 9.60. The molecule has 2 rings (SSSR count). The summed E-state index contributed by atoms with van der Waals surface area (Å²) >= 11 is 0. The second-order valence-corrected chi connectivity index (χ2v) is 5.32. The zero-order chi connectivity index (χ0) is 14.2. The average Bonchev–Trinajstić information content (AvgIpc) is 2.50. The van der Waals surface area contributed by atoms with Crippen LogP contribution in [-0.2, 0) is 9.53 Å². The van der Waals surface area contributed by atoms with Gasteiger partial charge in [-0.15, -0.1) is 0 Å². The lowest BCUT2D eigenvalue weighted by Gasteiger charge is -2.23. The molecular formula is C16H24N2O2. The lowest BCUT2D eigenvalue weighted by Crippen LogP contribution is -2.35. The van der Waals surface area contributed by atoms with Crippen LogP contribution in [0.1, 0.15) is 30.9 Å². The van der Waals surface area contributed by atoms with Gasteiger partial charge in [-0.25, -0.2) is 0 Å². The largest absolute Gasteiger partial charge is 0.367 e. The summed E-state index contributed by atoms with van der Waals surface area (Å²) in [7, 11) is 1.57. The van der Waals surface area contributed by atoms with Gasteiger partial charge in [0.25, 0.3) is 5.91 Å². The fraction of sp³-hybridized carbons (Fsp3) is 0.562. The van der Waals surface area contributed by atoms with Crippen LogP contribution in [0, 0.1) is 5.92 Å². The van der Waals surface area contributed by atoms with Crippen LogP contribution in [0.3, 0.4) is 0 Å². The number of hydrogen-bond acceptors (Lipinski definition) is 3. The van der Waals surface area contributed by atoms with Crippen LogP contribution >= 0.6 is 0 Å². The topological polar surface area (TPSA) is 50.4 Å². The van der Waals surface area contributed by atoms with Crippen molar-refractivity contribution in [2.75, 3.05) is 26.7 Å². The molecule has 1 fully saturated rings. The molecule has 2 unspecified atom stereocenters. The molecule has 1 amide bonds. The number of methoxy groups -OCH3 is 1. The van der Waals surface area contributed by atoms with Gasteiger partial charge in [-0.3, -0.25) is 4.79 Å². The Hall–Kier alpha value is -1.39. The molecule has 0 aliphatic carbocycles. The highest BCUT2D eigenvalue weighted by atomic mass is 16.5. The van der Waals surface area contributed by atoms with Crippen LogP contribution in [-0.4, -0.2) is 32.7 Å². The fourth-order valence-corrected chi connectivity index (χ4v) is 2.68. The van der Waals surface area contributed by atoms with E-state index in [0.29, 0.717) is 5.92 Å². The van der Waals surface area contributed by atoms with Crippen molar-refractivity contribution in [3.8, 4) is 0 Å². The highest BCUT2D eigenvalue weighted by Gasteiger charge is 2.20. The Kier molecular flexibility index (Phi) is 6.02. The van der Waals surface area contributed by atoms with Gasteiger partial charge in [0, 0.05) is 13.7 Å². The number of piperidine rings is 1. The number of nitrogens with one attached hydrogen (secondary N) is 2. The van der Waals surface area contributed by atoms with Crippen LogP contribution in [0.2, 0.25) is 0 Å². The maximum atomic E-state index is 12.2. The van der Waals surface area contributed by atoms with E-state index in [-0.39, 0.29) is 5.91 Å². The van der Waals surface area contributed by atoms with Gasteiger partial charge in [-0.1, -0.05) is 30.3 Å². The highest BCUT2D eigenvalue weighted by Crippen LogP contribution is 2.17. The summed E-state index contributed by atoms with van der Waals surface area (Å²) in [5, 5.41) is 6.38. The minimum atomic E-state index is -0.513. The molecule has 4 nitrogen and oxygen atoms in total. The Morgan fingerprint density at radius 3 is 2.90 bits per heavy atom. The molecule has 2 atom stereocenters. The number of ether oxygens (including phenoxy) is 1. The maximum Gasteiger partial charge on any atom is 0.253 e. The van der Waals surface area contributed by atoms with Crippen LogP contribution in [0.4, 0.5) is 0 Å². The molecule has 20 heavy (non-hydrogen) atoms. The first kappa shape index (κ1) is 15.0. The molecule has 1 saturated heterocycles. The first-order valence-electron chi connectivity index (χ1n) is 7.37. The Balaban J connectivity index is 1.78. The number of benzene rings is 1. The Morgan fingerprint density at radius 1 is 1.45 bits per heavy atom. The van der Waals surface area contributed by atoms with Gasteiger partial charge >= 0.3 is 0 Å². The molecule has 1 heterocycles. The minimum absolute atomic E-state index is 0.0533. The molecule has 110 valence electrons. The third-order valence-corrected chi connectivity index (χ3v) is 3.83. The van der Waals surface area contributed by atoms with E-state index >= 15 is 0 Å². The summed E-state index contributed by atoms with van der Waals surface area (Å²) in [5.74, 6) is 0.629. The number of carbonyl (C=O) groups is 1. The minimum Gasteiger partial charge on any atom is -0.367 e. The fourth-order valence-electron chi connectivity index (χ4n) is 2.68. The predicted molar refractivity (Wildman–Crippen MR) is 79.4 cm³/mol. The molecule has 0 aromatic heterocycles. The van der Waals surface area contributed by atoms with Crippen molar-refractivity contribution in [3.63, 3.8) is 0 Å². The van der Waals surface area contributed by atoms with Gasteiger partial charge in [-0.2, -0.15) is 0 Å². The molecule has 1 aromatic carbocycles. The second kappa shape index (κ2) is 8.02. The predicted octanol–water partition coefficient (Wildman–Crippen LogP) is 1.88. The third-order valence-electron chi connectivity index (χ3n) is 3.83. The quantitative estimate of drug-likeness (QED) is 0.834. The summed E-state index contributed by atoms with van der Waals surface area (Å²) < 4.78 is 5.32. The van der Waals surface area contributed by atoms with Crippen LogP contribution < -0.4 is 10.6 Å². The van der Waals surface area contributed by atoms with E-state index in [4.69, 9.17) is 4.74 Å². The Bertz CT molecular complexity index is 402. The van der Waals surface area contributed by atoms with E-state index < -0.39 is 6.10 Å². The van der Waals surface area contributed by atoms with Gasteiger partial charge < -0.3 is 15.4 Å². The summed E-state index contributed by atoms with van der Waals surface area (Å²) in [5.41, 5.74) is 0.895. The van der Waals surface area contributed by atoms with Crippen molar-refractivity contribution in [2.24, 2.45) is 5.92 Å². The molecule has 1 aliphatic rings. The van der Waals surface area contributed by atoms with Gasteiger partial charge in [0.1, 0.15) is 0 Å². The van der Waals surface area contributed by atoms with E-state index in [0.717, 1.165) is 31.6 Å². The van der Waals surface area contributed by atoms with Gasteiger partial charge in [-0.05, 0) is 43.8 Å².